The number of rotatable bonds is 3. The number of benzene rings is 2. The van der Waals surface area contributed by atoms with E-state index in [-0.39, 0.29) is 27.6 Å². The summed E-state index contributed by atoms with van der Waals surface area (Å²) in [6.07, 6.45) is -1.45. The molecule has 118 valence electrons. The van der Waals surface area contributed by atoms with Crippen LogP contribution in [-0.2, 0) is 9.53 Å². The molecule has 2 N–H and O–H groups in total. The molecule has 2 aromatic rings. The maximum atomic E-state index is 14.5. The van der Waals surface area contributed by atoms with Gasteiger partial charge in [-0.05, 0) is 33.3 Å². The van der Waals surface area contributed by atoms with Crippen molar-refractivity contribution in [2.75, 3.05) is 0 Å². The second-order valence-electron chi connectivity index (χ2n) is 6.20. The van der Waals surface area contributed by atoms with Crippen molar-refractivity contribution in [3.63, 3.8) is 0 Å². The van der Waals surface area contributed by atoms with Crippen LogP contribution in [0.4, 0.5) is 4.39 Å². The molecule has 0 aliphatic carbocycles. The van der Waals surface area contributed by atoms with Crippen LogP contribution in [0.1, 0.15) is 38.0 Å². The molecule has 22 heavy (non-hydrogen) atoms. The predicted octanol–water partition coefficient (Wildman–Crippen LogP) is 3.93. The first-order chi connectivity index (χ1) is 10.1. The number of halogens is 1. The van der Waals surface area contributed by atoms with Gasteiger partial charge in [0.1, 0.15) is 11.6 Å². The maximum absolute atomic E-state index is 14.5. The zero-order valence-electron chi connectivity index (χ0n) is 13.0. The number of hydrogen-bond donors (Lipinski definition) is 2. The van der Waals surface area contributed by atoms with Crippen LogP contribution in [0.5, 0.6) is 5.75 Å². The Hall–Kier alpha value is -2.14. The van der Waals surface area contributed by atoms with Gasteiger partial charge < -0.3 is 14.9 Å². The average molecular weight is 306 g/mol. The molecule has 2 aromatic carbocycles. The molecule has 0 fully saturated rings. The van der Waals surface area contributed by atoms with Gasteiger partial charge in [-0.1, -0.05) is 24.3 Å². The summed E-state index contributed by atoms with van der Waals surface area (Å²) >= 11 is 0. The Bertz CT molecular complexity index is 731. The average Bonchev–Trinajstić information content (AvgIpc) is 2.42. The molecule has 2 rings (SSSR count). The monoisotopic (exact) mass is 306 g/mol. The molecule has 0 radical (unpaired) electrons. The van der Waals surface area contributed by atoms with Gasteiger partial charge in [0.25, 0.3) is 0 Å². The van der Waals surface area contributed by atoms with E-state index in [9.17, 15) is 19.4 Å². The third-order valence-corrected chi connectivity index (χ3v) is 3.36. The second kappa shape index (κ2) is 5.57. The van der Waals surface area contributed by atoms with Crippen LogP contribution >= 0.6 is 0 Å². The van der Waals surface area contributed by atoms with Crippen molar-refractivity contribution >= 4 is 16.7 Å². The Labute approximate surface area is 128 Å². The lowest BCUT2D eigenvalue weighted by molar-refractivity contribution is -0.160. The summed E-state index contributed by atoms with van der Waals surface area (Å²) in [5.41, 5.74) is -0.726. The summed E-state index contributed by atoms with van der Waals surface area (Å²) in [6, 6.07) is 6.40. The number of aromatic hydroxyl groups is 1. The van der Waals surface area contributed by atoms with Crippen molar-refractivity contribution < 1.29 is 24.1 Å². The van der Waals surface area contributed by atoms with Gasteiger partial charge in [0, 0.05) is 16.3 Å². The molecule has 0 aromatic heterocycles. The number of carboxylic acid groups (broad SMARTS) is 1. The van der Waals surface area contributed by atoms with Gasteiger partial charge in [-0.15, -0.1) is 0 Å². The zero-order valence-corrected chi connectivity index (χ0v) is 13.0. The normalized spacial score (nSPS) is 13.3. The molecule has 0 aliphatic heterocycles. The predicted molar refractivity (Wildman–Crippen MR) is 81.5 cm³/mol. The third-order valence-electron chi connectivity index (χ3n) is 3.36. The van der Waals surface area contributed by atoms with Crippen LogP contribution in [0, 0.1) is 12.7 Å². The van der Waals surface area contributed by atoms with Crippen LogP contribution in [0.3, 0.4) is 0 Å². The Morgan fingerprint density at radius 3 is 2.27 bits per heavy atom. The number of hydrogen-bond acceptors (Lipinski definition) is 3. The molecule has 0 amide bonds. The van der Waals surface area contributed by atoms with E-state index in [4.69, 9.17) is 4.74 Å². The van der Waals surface area contributed by atoms with Crippen molar-refractivity contribution in [2.45, 2.75) is 39.4 Å². The zero-order chi connectivity index (χ0) is 16.7. The molecular formula is C17H19FO4. The molecule has 0 saturated heterocycles. The number of aliphatic carboxylic acids is 1. The van der Waals surface area contributed by atoms with E-state index in [0.29, 0.717) is 0 Å². The summed E-state index contributed by atoms with van der Waals surface area (Å²) in [5.74, 6) is -2.08. The highest BCUT2D eigenvalue weighted by molar-refractivity contribution is 5.92. The van der Waals surface area contributed by atoms with Crippen LogP contribution in [0.25, 0.3) is 10.8 Å². The summed E-state index contributed by atoms with van der Waals surface area (Å²) in [4.78, 5) is 11.6. The molecule has 0 heterocycles. The molecule has 5 heteroatoms. The lowest BCUT2D eigenvalue weighted by Crippen LogP contribution is -2.28. The lowest BCUT2D eigenvalue weighted by atomic mass is 9.95. The molecular weight excluding hydrogens is 287 g/mol. The van der Waals surface area contributed by atoms with E-state index >= 15 is 0 Å². The Morgan fingerprint density at radius 2 is 1.77 bits per heavy atom. The highest BCUT2D eigenvalue weighted by Crippen LogP contribution is 2.40. The summed E-state index contributed by atoms with van der Waals surface area (Å²) < 4.78 is 20.1. The number of phenols is 1. The number of fused-ring (bicyclic) bond motifs is 1. The van der Waals surface area contributed by atoms with Gasteiger partial charge in [-0.3, -0.25) is 0 Å². The molecule has 1 atom stereocenters. The van der Waals surface area contributed by atoms with Gasteiger partial charge in [-0.2, -0.15) is 0 Å². The van der Waals surface area contributed by atoms with E-state index in [1.54, 1.807) is 45.0 Å². The smallest absolute Gasteiger partial charge is 0.337 e. The Kier molecular flexibility index (Phi) is 4.11. The SMILES string of the molecule is Cc1c(C(OC(C)(C)C)C(=O)O)c(O)c2ccccc2c1F. The fraction of sp³-hybridized carbons (Fsp3) is 0.353. The van der Waals surface area contributed by atoms with E-state index < -0.39 is 23.5 Å². The highest BCUT2D eigenvalue weighted by Gasteiger charge is 2.32. The Balaban J connectivity index is 2.75. The third kappa shape index (κ3) is 2.90. The summed E-state index contributed by atoms with van der Waals surface area (Å²) in [5, 5.41) is 20.4. The summed E-state index contributed by atoms with van der Waals surface area (Å²) in [7, 11) is 0. The molecule has 4 nitrogen and oxygen atoms in total. The highest BCUT2D eigenvalue weighted by atomic mass is 19.1. The van der Waals surface area contributed by atoms with Crippen molar-refractivity contribution in [1.29, 1.82) is 0 Å². The molecule has 0 spiro atoms. The minimum Gasteiger partial charge on any atom is -0.507 e. The maximum Gasteiger partial charge on any atom is 0.337 e. The van der Waals surface area contributed by atoms with Gasteiger partial charge in [-0.25, -0.2) is 9.18 Å². The number of carboxylic acids is 1. The van der Waals surface area contributed by atoms with E-state index in [1.165, 1.54) is 6.92 Å². The lowest BCUT2D eigenvalue weighted by Gasteiger charge is -2.27. The minimum absolute atomic E-state index is 0.0429. The van der Waals surface area contributed by atoms with Gasteiger partial charge in [0.15, 0.2) is 6.10 Å². The number of phenolic OH excluding ortho intramolecular Hbond substituents is 1. The minimum atomic E-state index is -1.45. The summed E-state index contributed by atoms with van der Waals surface area (Å²) in [6.45, 7) is 6.55. The second-order valence-corrected chi connectivity index (χ2v) is 6.20. The molecule has 0 aliphatic rings. The topological polar surface area (TPSA) is 66.8 Å². The largest absolute Gasteiger partial charge is 0.507 e. The fourth-order valence-electron chi connectivity index (χ4n) is 2.43. The van der Waals surface area contributed by atoms with Crippen LogP contribution in [0.2, 0.25) is 0 Å². The van der Waals surface area contributed by atoms with E-state index in [0.717, 1.165) is 0 Å². The van der Waals surface area contributed by atoms with Crippen molar-refractivity contribution in [2.24, 2.45) is 0 Å². The Morgan fingerprint density at radius 1 is 1.23 bits per heavy atom. The van der Waals surface area contributed by atoms with Crippen LogP contribution in [-0.4, -0.2) is 21.8 Å². The van der Waals surface area contributed by atoms with Gasteiger partial charge >= 0.3 is 5.97 Å². The van der Waals surface area contributed by atoms with Crippen molar-refractivity contribution in [3.8, 4) is 5.75 Å². The van der Waals surface area contributed by atoms with Crippen molar-refractivity contribution in [1.82, 2.24) is 0 Å². The van der Waals surface area contributed by atoms with Gasteiger partial charge in [0.05, 0.1) is 5.60 Å². The quantitative estimate of drug-likeness (QED) is 0.901. The van der Waals surface area contributed by atoms with E-state index in [2.05, 4.69) is 0 Å². The molecule has 1 unspecified atom stereocenters. The first kappa shape index (κ1) is 16.2. The first-order valence-corrected chi connectivity index (χ1v) is 6.93. The molecule has 0 bridgehead atoms. The van der Waals surface area contributed by atoms with Gasteiger partial charge in [0.2, 0.25) is 0 Å². The van der Waals surface area contributed by atoms with Crippen LogP contribution in [0.15, 0.2) is 24.3 Å². The van der Waals surface area contributed by atoms with E-state index in [1.807, 2.05) is 0 Å². The van der Waals surface area contributed by atoms with Crippen molar-refractivity contribution in [3.05, 3.63) is 41.2 Å². The van der Waals surface area contributed by atoms with Crippen LogP contribution < -0.4 is 0 Å². The first-order valence-electron chi connectivity index (χ1n) is 6.93. The standard InChI is InChI=1S/C17H19FO4/c1-9-12(15(16(20)21)22-17(2,3)4)14(19)11-8-6-5-7-10(11)13(9)18/h5-8,15,19H,1-4H3,(H,20,21). The molecule has 0 saturated carbocycles. The number of carbonyl (C=O) groups is 1. The fourth-order valence-corrected chi connectivity index (χ4v) is 2.43. The number of ether oxygens (including phenoxy) is 1.